The van der Waals surface area contributed by atoms with Gasteiger partial charge in [0.25, 0.3) is 0 Å². The third-order valence-corrected chi connectivity index (χ3v) is 9.34. The lowest BCUT2D eigenvalue weighted by Gasteiger charge is -2.17. The Morgan fingerprint density at radius 3 is 1.91 bits per heavy atom. The molecule has 0 aromatic heterocycles. The van der Waals surface area contributed by atoms with Crippen LogP contribution in [-0.2, 0) is 0 Å². The molecule has 5 aromatic carbocycles. The van der Waals surface area contributed by atoms with E-state index in [1.165, 1.54) is 0 Å². The van der Waals surface area contributed by atoms with E-state index in [4.69, 9.17) is 6.57 Å². The summed E-state index contributed by atoms with van der Waals surface area (Å²) in [6.45, 7) is 9.23. The number of fused-ring (bicyclic) bond motifs is 4. The van der Waals surface area contributed by atoms with Gasteiger partial charge in [0.05, 0.1) is 13.2 Å². The highest BCUT2D eigenvalue weighted by Gasteiger charge is 2.48. The van der Waals surface area contributed by atoms with Crippen LogP contribution in [0.15, 0.2) is 103 Å². The molecule has 1 heterocycles. The maximum absolute atomic E-state index is 11.8. The summed E-state index contributed by atoms with van der Waals surface area (Å²) in [5, 5.41) is 4.46. The Morgan fingerprint density at radius 1 is 0.606 bits per heavy atom. The summed E-state index contributed by atoms with van der Waals surface area (Å²) in [6.07, 6.45) is 0. The first kappa shape index (κ1) is 19.9. The van der Waals surface area contributed by atoms with Crippen LogP contribution in [0.5, 0.6) is 0 Å². The van der Waals surface area contributed by atoms with Gasteiger partial charge in [-0.15, -0.1) is 0 Å². The van der Waals surface area contributed by atoms with Crippen LogP contribution in [0.25, 0.3) is 49.0 Å². The van der Waals surface area contributed by atoms with Crippen LogP contribution in [0.3, 0.4) is 0 Å². The van der Waals surface area contributed by atoms with Crippen LogP contribution in [0.2, 0.25) is 0 Å². The van der Waals surface area contributed by atoms with E-state index in [0.717, 1.165) is 54.8 Å². The van der Waals surface area contributed by atoms with Gasteiger partial charge in [-0.25, -0.2) is 9.74 Å². The van der Waals surface area contributed by atoms with E-state index in [0.29, 0.717) is 5.69 Å². The van der Waals surface area contributed by atoms with Crippen molar-refractivity contribution in [3.05, 3.63) is 115 Å². The minimum Gasteiger partial charge on any atom is -0.241 e. The van der Waals surface area contributed by atoms with Gasteiger partial charge in [-0.1, -0.05) is 97.1 Å². The molecule has 156 valence electrons. The third kappa shape index (κ3) is 2.95. The first-order chi connectivity index (χ1) is 16.1. The third-order valence-electron chi connectivity index (χ3n) is 6.66. The van der Waals surface area contributed by atoms with Gasteiger partial charge < -0.3 is 0 Å². The van der Waals surface area contributed by atoms with Crippen molar-refractivity contribution < 1.29 is 4.89 Å². The van der Waals surface area contributed by atoms with Crippen LogP contribution in [0, 0.1) is 6.57 Å². The monoisotopic (exact) mass is 442 g/mol. The molecule has 1 aliphatic heterocycles. The quantitative estimate of drug-likeness (QED) is 0.227. The number of nitrogens with zero attached hydrogens (tertiary/aromatic N) is 1. The minimum atomic E-state index is -2.46. The molecule has 0 saturated carbocycles. The number of rotatable bonds is 2. The molecular formula is C30H21NOP+. The lowest BCUT2D eigenvalue weighted by Crippen LogP contribution is -2.17. The molecule has 0 bridgehead atoms. The second-order valence-electron chi connectivity index (χ2n) is 8.54. The van der Waals surface area contributed by atoms with Crippen molar-refractivity contribution in [2.45, 2.75) is 0 Å². The molecular weight excluding hydrogens is 421 g/mol. The molecule has 0 fully saturated rings. The van der Waals surface area contributed by atoms with Crippen LogP contribution in [-0.4, -0.2) is 11.6 Å². The second kappa shape index (κ2) is 7.39. The van der Waals surface area contributed by atoms with Gasteiger partial charge in [0, 0.05) is 16.7 Å². The summed E-state index contributed by atoms with van der Waals surface area (Å²) in [5.74, 6) is 0. The largest absolute Gasteiger partial charge is 0.241 e. The van der Waals surface area contributed by atoms with Crippen molar-refractivity contribution in [1.82, 2.24) is 0 Å². The van der Waals surface area contributed by atoms with Crippen LogP contribution in [0.4, 0.5) is 5.69 Å². The first-order valence-corrected chi connectivity index (χ1v) is 13.1. The molecule has 0 radical (unpaired) electrons. The van der Waals surface area contributed by atoms with Crippen molar-refractivity contribution >= 4 is 34.6 Å². The molecule has 33 heavy (non-hydrogen) atoms. The molecule has 2 nitrogen and oxygen atoms in total. The van der Waals surface area contributed by atoms with E-state index in [2.05, 4.69) is 71.6 Å². The van der Waals surface area contributed by atoms with Gasteiger partial charge in [-0.2, -0.15) is 0 Å². The topological polar surface area (TPSA) is 24.6 Å². The van der Waals surface area contributed by atoms with E-state index in [-0.39, 0.29) is 0 Å². The number of benzene rings is 5. The van der Waals surface area contributed by atoms with Gasteiger partial charge in [-0.05, 0) is 33.5 Å². The molecule has 6 rings (SSSR count). The lowest BCUT2D eigenvalue weighted by molar-refractivity contribution is 0.630. The summed E-state index contributed by atoms with van der Waals surface area (Å²) in [6, 6.07) is 35.2. The van der Waals surface area contributed by atoms with Gasteiger partial charge in [0.2, 0.25) is 7.49 Å². The Labute approximate surface area is 194 Å². The van der Waals surface area contributed by atoms with Crippen molar-refractivity contribution in [3.63, 3.8) is 0 Å². The average Bonchev–Trinajstić information content (AvgIpc) is 3.11. The molecule has 0 aliphatic carbocycles. The summed E-state index contributed by atoms with van der Waals surface area (Å²) in [5.41, 5.74) is 7.41. The smallest absolute Gasteiger partial charge is 0.205 e. The molecule has 1 N–H and O–H groups in total. The summed E-state index contributed by atoms with van der Waals surface area (Å²) >= 11 is 0. The summed E-state index contributed by atoms with van der Waals surface area (Å²) < 4.78 is 0. The SMILES string of the molecule is [C-]#[N+]c1ccc(-c2ccc(-c3cccc4c3[P+](C)(O)c3ccccc3-4)c3ccccc23)cc1. The van der Waals surface area contributed by atoms with Crippen molar-refractivity contribution in [1.29, 1.82) is 0 Å². The van der Waals surface area contributed by atoms with Crippen molar-refractivity contribution in [2.75, 3.05) is 6.66 Å². The fourth-order valence-corrected chi connectivity index (χ4v) is 7.76. The molecule has 1 atom stereocenters. The Kier molecular flexibility index (Phi) is 4.46. The second-order valence-corrected chi connectivity index (χ2v) is 11.4. The number of hydrogen-bond donors (Lipinski definition) is 1. The van der Waals surface area contributed by atoms with Crippen molar-refractivity contribution in [2.24, 2.45) is 0 Å². The predicted octanol–water partition coefficient (Wildman–Crippen LogP) is 7.21. The normalized spacial score (nSPS) is 16.3. The van der Waals surface area contributed by atoms with Gasteiger partial charge in [-0.3, -0.25) is 0 Å². The summed E-state index contributed by atoms with van der Waals surface area (Å²) in [4.78, 5) is 15.3. The van der Waals surface area contributed by atoms with E-state index in [1.54, 1.807) is 0 Å². The zero-order chi connectivity index (χ0) is 22.6. The zero-order valence-corrected chi connectivity index (χ0v) is 19.1. The van der Waals surface area contributed by atoms with E-state index >= 15 is 0 Å². The Hall–Kier alpha value is -3.76. The molecule has 0 spiro atoms. The van der Waals surface area contributed by atoms with Gasteiger partial charge in [0.1, 0.15) is 10.6 Å². The average molecular weight is 442 g/mol. The highest BCUT2D eigenvalue weighted by Crippen LogP contribution is 2.59. The standard InChI is InChI=1S/C30H21NOP/c1-31-21-16-14-20(15-17-21)22-18-19-25(24-9-4-3-8-23(22)24)27-11-7-12-28-26-10-5-6-13-29(26)33(2,32)30(27)28/h3-19,32H,2H3/q+1. The van der Waals surface area contributed by atoms with Gasteiger partial charge in [0.15, 0.2) is 5.69 Å². The lowest BCUT2D eigenvalue weighted by atomic mass is 9.91. The fourth-order valence-electron chi connectivity index (χ4n) is 5.15. The molecule has 0 saturated heterocycles. The molecule has 5 aromatic rings. The highest BCUT2D eigenvalue weighted by atomic mass is 31.2. The van der Waals surface area contributed by atoms with E-state index in [9.17, 15) is 4.89 Å². The highest BCUT2D eigenvalue weighted by molar-refractivity contribution is 7.85. The fraction of sp³-hybridized carbons (Fsp3) is 0.0333. The maximum atomic E-state index is 11.8. The van der Waals surface area contributed by atoms with E-state index < -0.39 is 7.49 Å². The van der Waals surface area contributed by atoms with Crippen LogP contribution >= 0.6 is 7.49 Å². The molecule has 3 heteroatoms. The predicted molar refractivity (Wildman–Crippen MR) is 141 cm³/mol. The maximum Gasteiger partial charge on any atom is 0.205 e. The Morgan fingerprint density at radius 2 is 1.18 bits per heavy atom. The summed E-state index contributed by atoms with van der Waals surface area (Å²) in [7, 11) is -2.46. The Balaban J connectivity index is 1.61. The first-order valence-electron chi connectivity index (χ1n) is 10.9. The zero-order valence-electron chi connectivity index (χ0n) is 18.2. The van der Waals surface area contributed by atoms with Gasteiger partial charge >= 0.3 is 0 Å². The molecule has 1 aliphatic rings. The van der Waals surface area contributed by atoms with E-state index in [1.807, 2.05) is 43.1 Å². The minimum absolute atomic E-state index is 0.644. The Bertz CT molecular complexity index is 1590. The van der Waals surface area contributed by atoms with Crippen LogP contribution < -0.4 is 10.6 Å². The van der Waals surface area contributed by atoms with Crippen LogP contribution in [0.1, 0.15) is 0 Å². The van der Waals surface area contributed by atoms with Crippen molar-refractivity contribution in [3.8, 4) is 33.4 Å². The molecule has 0 amide bonds. The number of hydrogen-bond acceptors (Lipinski definition) is 1. The molecule has 1 unspecified atom stereocenters.